The van der Waals surface area contributed by atoms with Gasteiger partial charge in [0, 0.05) is 18.5 Å². The molecular formula is C16H16N6OS. The van der Waals surface area contributed by atoms with Crippen molar-refractivity contribution in [3.05, 3.63) is 41.9 Å². The molecule has 3 aromatic heterocycles. The smallest absolute Gasteiger partial charge is 0.276 e. The van der Waals surface area contributed by atoms with E-state index in [0.717, 1.165) is 29.5 Å². The molecule has 0 saturated carbocycles. The molecule has 7 nitrogen and oxygen atoms in total. The van der Waals surface area contributed by atoms with Crippen molar-refractivity contribution in [1.29, 1.82) is 0 Å². The molecule has 0 spiro atoms. The SMILES string of the molecule is O=C(Nc1ccc(N2CCCC2)cn1)c1csc(-c2cnc[nH]2)n1. The molecule has 122 valence electrons. The van der Waals surface area contributed by atoms with Crippen LogP contribution in [0.1, 0.15) is 23.3 Å². The van der Waals surface area contributed by atoms with Crippen LogP contribution in [0.4, 0.5) is 11.5 Å². The number of hydrogen-bond acceptors (Lipinski definition) is 6. The predicted octanol–water partition coefficient (Wildman–Crippen LogP) is 2.78. The van der Waals surface area contributed by atoms with E-state index >= 15 is 0 Å². The first-order valence-corrected chi connectivity index (χ1v) is 8.64. The zero-order chi connectivity index (χ0) is 16.4. The minimum Gasteiger partial charge on any atom is -0.370 e. The van der Waals surface area contributed by atoms with Crippen molar-refractivity contribution in [2.75, 3.05) is 23.3 Å². The fraction of sp³-hybridized carbons (Fsp3) is 0.250. The summed E-state index contributed by atoms with van der Waals surface area (Å²) in [5.41, 5.74) is 2.27. The van der Waals surface area contributed by atoms with Gasteiger partial charge < -0.3 is 15.2 Å². The van der Waals surface area contributed by atoms with Crippen LogP contribution in [0, 0.1) is 0 Å². The second-order valence-corrected chi connectivity index (χ2v) is 6.41. The van der Waals surface area contributed by atoms with Crippen LogP contribution < -0.4 is 10.2 Å². The molecule has 3 aromatic rings. The van der Waals surface area contributed by atoms with Gasteiger partial charge in [-0.3, -0.25) is 4.79 Å². The first-order chi connectivity index (χ1) is 11.8. The number of thiazole rings is 1. The van der Waals surface area contributed by atoms with Gasteiger partial charge in [-0.25, -0.2) is 15.0 Å². The number of aromatic nitrogens is 4. The van der Waals surface area contributed by atoms with Crippen molar-refractivity contribution < 1.29 is 4.79 Å². The van der Waals surface area contributed by atoms with Gasteiger partial charge in [0.05, 0.1) is 30.1 Å². The van der Waals surface area contributed by atoms with Gasteiger partial charge in [0.15, 0.2) is 0 Å². The van der Waals surface area contributed by atoms with Gasteiger partial charge in [-0.1, -0.05) is 0 Å². The van der Waals surface area contributed by atoms with Gasteiger partial charge in [-0.05, 0) is 25.0 Å². The van der Waals surface area contributed by atoms with Crippen LogP contribution in [0.5, 0.6) is 0 Å². The lowest BCUT2D eigenvalue weighted by Crippen LogP contribution is -2.18. The van der Waals surface area contributed by atoms with E-state index < -0.39 is 0 Å². The van der Waals surface area contributed by atoms with Crippen LogP contribution in [0.2, 0.25) is 0 Å². The molecule has 0 unspecified atom stereocenters. The van der Waals surface area contributed by atoms with Crippen LogP contribution in [0.25, 0.3) is 10.7 Å². The van der Waals surface area contributed by atoms with E-state index in [2.05, 4.69) is 30.2 Å². The van der Waals surface area contributed by atoms with E-state index in [1.807, 2.05) is 12.1 Å². The highest BCUT2D eigenvalue weighted by atomic mass is 32.1. The Bertz CT molecular complexity index is 821. The van der Waals surface area contributed by atoms with E-state index in [1.165, 1.54) is 24.2 Å². The number of pyridine rings is 1. The zero-order valence-electron chi connectivity index (χ0n) is 12.9. The number of nitrogens with one attached hydrogen (secondary N) is 2. The summed E-state index contributed by atoms with van der Waals surface area (Å²) < 4.78 is 0. The van der Waals surface area contributed by atoms with Gasteiger partial charge in [0.2, 0.25) is 0 Å². The van der Waals surface area contributed by atoms with E-state index in [-0.39, 0.29) is 5.91 Å². The second-order valence-electron chi connectivity index (χ2n) is 5.55. The normalized spacial score (nSPS) is 14.1. The third-order valence-electron chi connectivity index (χ3n) is 3.93. The molecule has 8 heteroatoms. The topological polar surface area (TPSA) is 86.8 Å². The highest BCUT2D eigenvalue weighted by Crippen LogP contribution is 2.22. The molecule has 1 saturated heterocycles. The number of H-pyrrole nitrogens is 1. The Kier molecular flexibility index (Phi) is 3.96. The molecule has 24 heavy (non-hydrogen) atoms. The fourth-order valence-corrected chi connectivity index (χ4v) is 3.45. The predicted molar refractivity (Wildman–Crippen MR) is 93.3 cm³/mol. The van der Waals surface area contributed by atoms with Crippen LogP contribution in [0.15, 0.2) is 36.2 Å². The summed E-state index contributed by atoms with van der Waals surface area (Å²) in [7, 11) is 0. The highest BCUT2D eigenvalue weighted by molar-refractivity contribution is 7.13. The standard InChI is InChI=1S/C16H16N6OS/c23-15(13-9-24-16(20-13)12-8-17-10-19-12)21-14-4-3-11(7-18-14)22-5-1-2-6-22/h3-4,7-10H,1-2,5-6H2,(H,17,19)(H,18,21,23). The first kappa shape index (κ1) is 14.8. The van der Waals surface area contributed by atoms with Gasteiger partial charge in [0.25, 0.3) is 5.91 Å². The van der Waals surface area contributed by atoms with E-state index in [0.29, 0.717) is 11.5 Å². The quantitative estimate of drug-likeness (QED) is 0.762. The number of hydrogen-bond donors (Lipinski definition) is 2. The second kappa shape index (κ2) is 6.40. The van der Waals surface area contributed by atoms with E-state index in [4.69, 9.17) is 0 Å². The van der Waals surface area contributed by atoms with Crippen LogP contribution in [-0.4, -0.2) is 38.9 Å². The Hall–Kier alpha value is -2.74. The number of carbonyl (C=O) groups is 1. The fourth-order valence-electron chi connectivity index (χ4n) is 2.68. The number of anilines is 2. The Balaban J connectivity index is 1.44. The van der Waals surface area contributed by atoms with E-state index in [9.17, 15) is 4.79 Å². The Morgan fingerprint density at radius 2 is 2.12 bits per heavy atom. The molecule has 1 amide bonds. The lowest BCUT2D eigenvalue weighted by Gasteiger charge is -2.17. The van der Waals surface area contributed by atoms with E-state index in [1.54, 1.807) is 24.1 Å². The van der Waals surface area contributed by atoms with Gasteiger partial charge in [0.1, 0.15) is 16.5 Å². The molecule has 0 aliphatic carbocycles. The first-order valence-electron chi connectivity index (χ1n) is 7.76. The molecule has 4 rings (SSSR count). The molecule has 1 fully saturated rings. The highest BCUT2D eigenvalue weighted by Gasteiger charge is 2.15. The summed E-state index contributed by atoms with van der Waals surface area (Å²) in [5.74, 6) is 0.262. The minimum atomic E-state index is -0.265. The molecule has 0 bridgehead atoms. The lowest BCUT2D eigenvalue weighted by atomic mass is 10.3. The van der Waals surface area contributed by atoms with Crippen molar-refractivity contribution in [2.24, 2.45) is 0 Å². The number of carbonyl (C=O) groups excluding carboxylic acids is 1. The number of rotatable bonds is 4. The number of imidazole rings is 1. The Morgan fingerprint density at radius 1 is 1.25 bits per heavy atom. The monoisotopic (exact) mass is 340 g/mol. The van der Waals surface area contributed by atoms with Crippen molar-refractivity contribution in [3.63, 3.8) is 0 Å². The number of amides is 1. The molecule has 0 atom stereocenters. The molecule has 2 N–H and O–H groups in total. The van der Waals surface area contributed by atoms with Crippen molar-refractivity contribution in [3.8, 4) is 10.7 Å². The average molecular weight is 340 g/mol. The third kappa shape index (κ3) is 3.00. The van der Waals surface area contributed by atoms with Gasteiger partial charge >= 0.3 is 0 Å². The van der Waals surface area contributed by atoms with Crippen LogP contribution in [0.3, 0.4) is 0 Å². The molecular weight excluding hydrogens is 324 g/mol. The summed E-state index contributed by atoms with van der Waals surface area (Å²) in [6.07, 6.45) is 7.52. The van der Waals surface area contributed by atoms with Gasteiger partial charge in [-0.15, -0.1) is 11.3 Å². The largest absolute Gasteiger partial charge is 0.370 e. The average Bonchev–Trinajstić information content (AvgIpc) is 3.35. The maximum Gasteiger partial charge on any atom is 0.276 e. The third-order valence-corrected chi connectivity index (χ3v) is 4.80. The van der Waals surface area contributed by atoms with Crippen LogP contribution >= 0.6 is 11.3 Å². The summed E-state index contributed by atoms with van der Waals surface area (Å²) in [6, 6.07) is 3.82. The van der Waals surface area contributed by atoms with Crippen molar-refractivity contribution in [1.82, 2.24) is 19.9 Å². The maximum absolute atomic E-state index is 12.3. The zero-order valence-corrected chi connectivity index (χ0v) is 13.7. The maximum atomic E-state index is 12.3. The summed E-state index contributed by atoms with van der Waals surface area (Å²) in [6.45, 7) is 2.14. The summed E-state index contributed by atoms with van der Waals surface area (Å²) >= 11 is 1.40. The number of aromatic amines is 1. The van der Waals surface area contributed by atoms with Crippen LogP contribution in [-0.2, 0) is 0 Å². The summed E-state index contributed by atoms with van der Waals surface area (Å²) in [4.78, 5) is 30.2. The molecule has 0 radical (unpaired) electrons. The van der Waals surface area contributed by atoms with Gasteiger partial charge in [-0.2, -0.15) is 0 Å². The lowest BCUT2D eigenvalue weighted by molar-refractivity contribution is 0.102. The molecule has 1 aliphatic heterocycles. The number of nitrogens with zero attached hydrogens (tertiary/aromatic N) is 4. The Labute approximate surface area is 142 Å². The van der Waals surface area contributed by atoms with Crippen molar-refractivity contribution >= 4 is 28.7 Å². The molecule has 4 heterocycles. The van der Waals surface area contributed by atoms with Crippen molar-refractivity contribution in [2.45, 2.75) is 12.8 Å². The minimum absolute atomic E-state index is 0.265. The molecule has 1 aliphatic rings. The summed E-state index contributed by atoms with van der Waals surface area (Å²) in [5, 5.41) is 5.24. The Morgan fingerprint density at radius 3 is 2.83 bits per heavy atom. The molecule has 0 aromatic carbocycles.